The molecular formula is C17H21N3OSe. The first-order valence-electron chi connectivity index (χ1n) is 7.72. The van der Waals surface area contributed by atoms with Gasteiger partial charge in [-0.2, -0.15) is 0 Å². The zero-order valence-corrected chi connectivity index (χ0v) is 15.0. The second kappa shape index (κ2) is 5.70. The Hall–Kier alpha value is -1.34. The Labute approximate surface area is 138 Å². The minimum atomic E-state index is -0.425. The first-order chi connectivity index (χ1) is 10.5. The van der Waals surface area contributed by atoms with Crippen molar-refractivity contribution in [2.45, 2.75) is 55.5 Å². The zero-order chi connectivity index (χ0) is 15.8. The molecule has 0 aliphatic carbocycles. The van der Waals surface area contributed by atoms with Gasteiger partial charge >= 0.3 is 138 Å². The summed E-state index contributed by atoms with van der Waals surface area (Å²) in [5.74, 6) is 0.783. The van der Waals surface area contributed by atoms with E-state index < -0.39 is 4.62 Å². The molecular weight excluding hydrogens is 341 g/mol. The molecule has 2 aliphatic heterocycles. The molecule has 1 fully saturated rings. The Balaban J connectivity index is 2.05. The van der Waals surface area contributed by atoms with Gasteiger partial charge in [-0.25, -0.2) is 0 Å². The Morgan fingerprint density at radius 2 is 2.27 bits per heavy atom. The van der Waals surface area contributed by atoms with Crippen LogP contribution in [0.5, 0.6) is 5.75 Å². The number of nitrogens with zero attached hydrogens (tertiary/aromatic N) is 2. The molecule has 2 heterocycles. The predicted molar refractivity (Wildman–Crippen MR) is 88.9 cm³/mol. The normalized spacial score (nSPS) is 25.8. The Bertz CT molecular complexity index is 662. The summed E-state index contributed by atoms with van der Waals surface area (Å²) in [6, 6.07) is 7.67. The van der Waals surface area contributed by atoms with Crippen LogP contribution in [0.15, 0.2) is 23.2 Å². The molecule has 0 aromatic heterocycles. The molecule has 3 rings (SSSR count). The first-order valence-corrected chi connectivity index (χ1v) is 9.79. The molecule has 22 heavy (non-hydrogen) atoms. The van der Waals surface area contributed by atoms with Crippen molar-refractivity contribution in [1.82, 2.24) is 5.32 Å². The summed E-state index contributed by atoms with van der Waals surface area (Å²) in [6.45, 7) is 6.62. The van der Waals surface area contributed by atoms with Gasteiger partial charge in [0.2, 0.25) is 0 Å². The Morgan fingerprint density at radius 3 is 2.95 bits per heavy atom. The van der Waals surface area contributed by atoms with Crippen molar-refractivity contribution in [2.75, 3.05) is 0 Å². The summed E-state index contributed by atoms with van der Waals surface area (Å²) in [5, 5.41) is 14.0. The molecule has 0 radical (unpaired) electrons. The van der Waals surface area contributed by atoms with E-state index in [-0.39, 0.29) is 5.54 Å². The fraction of sp³-hybridized carbons (Fsp3) is 0.529. The third-order valence-corrected chi connectivity index (χ3v) is 6.59. The van der Waals surface area contributed by atoms with Crippen molar-refractivity contribution in [3.8, 4) is 11.8 Å². The van der Waals surface area contributed by atoms with Gasteiger partial charge in [-0.3, -0.25) is 0 Å². The van der Waals surface area contributed by atoms with Crippen molar-refractivity contribution in [3.63, 3.8) is 0 Å². The van der Waals surface area contributed by atoms with Crippen molar-refractivity contribution >= 4 is 26.4 Å². The molecule has 2 aliphatic rings. The average Bonchev–Trinajstić information content (AvgIpc) is 2.47. The number of fused-ring (bicyclic) bond motifs is 1. The van der Waals surface area contributed by atoms with Crippen molar-refractivity contribution in [1.29, 1.82) is 5.26 Å². The molecule has 116 valence electrons. The van der Waals surface area contributed by atoms with Crippen LogP contribution in [0, 0.1) is 11.3 Å². The van der Waals surface area contributed by atoms with Gasteiger partial charge < -0.3 is 0 Å². The van der Waals surface area contributed by atoms with Crippen LogP contribution in [0.2, 0.25) is 5.32 Å². The maximum atomic E-state index is 9.07. The molecule has 0 amide bonds. The van der Waals surface area contributed by atoms with E-state index in [4.69, 9.17) is 15.0 Å². The van der Waals surface area contributed by atoms with Gasteiger partial charge in [0.15, 0.2) is 0 Å². The summed E-state index contributed by atoms with van der Waals surface area (Å²) in [5.41, 5.74) is 2.55. The number of hydrogen-bond acceptors (Lipinski definition) is 4. The molecule has 1 atom stereocenters. The standard InChI is InChI=1S/C17H21N3OSe/c1-4-5-15-17(20-16(2,3)8-9-22-17)21-14-7-6-12(11-18)10-13(14)19-15/h6-7,10,20H,4-5,8-9H2,1-3H3/t17-/m1/s1. The molecule has 1 saturated heterocycles. The molecule has 4 nitrogen and oxygen atoms in total. The fourth-order valence-corrected chi connectivity index (χ4v) is 6.45. The zero-order valence-electron chi connectivity index (χ0n) is 13.3. The molecule has 1 N–H and O–H groups in total. The average molecular weight is 362 g/mol. The molecule has 0 bridgehead atoms. The molecule has 0 unspecified atom stereocenters. The van der Waals surface area contributed by atoms with E-state index in [0.717, 1.165) is 36.4 Å². The monoisotopic (exact) mass is 363 g/mol. The second-order valence-corrected chi connectivity index (χ2v) is 9.10. The quantitative estimate of drug-likeness (QED) is 0.821. The van der Waals surface area contributed by atoms with E-state index >= 15 is 0 Å². The SMILES string of the molecule is CCCC1=Nc2cc(C#N)ccc2O[C@]12NC(C)(C)CC[Se]2. The van der Waals surface area contributed by atoms with Gasteiger partial charge in [-0.05, 0) is 0 Å². The van der Waals surface area contributed by atoms with Crippen molar-refractivity contribution in [2.24, 2.45) is 4.99 Å². The summed E-state index contributed by atoms with van der Waals surface area (Å²) in [6.07, 6.45) is 3.12. The number of rotatable bonds is 2. The number of hydrogen-bond donors (Lipinski definition) is 1. The van der Waals surface area contributed by atoms with Gasteiger partial charge in [0, 0.05) is 0 Å². The number of ether oxygens (including phenoxy) is 1. The van der Waals surface area contributed by atoms with E-state index in [1.165, 1.54) is 5.32 Å². The van der Waals surface area contributed by atoms with E-state index in [2.05, 4.69) is 32.2 Å². The fourth-order valence-electron chi connectivity index (χ4n) is 2.86. The van der Waals surface area contributed by atoms with Crippen molar-refractivity contribution < 1.29 is 4.74 Å². The Kier molecular flexibility index (Phi) is 4.03. The number of aliphatic imine (C=N–C) groups is 1. The van der Waals surface area contributed by atoms with Gasteiger partial charge in [0.1, 0.15) is 0 Å². The third-order valence-electron chi connectivity index (χ3n) is 4.00. The first kappa shape index (κ1) is 15.6. The van der Waals surface area contributed by atoms with Crippen LogP contribution in [0.1, 0.15) is 45.6 Å². The molecule has 1 spiro atoms. The van der Waals surface area contributed by atoms with Crippen LogP contribution in [0.3, 0.4) is 0 Å². The van der Waals surface area contributed by atoms with Gasteiger partial charge in [-0.1, -0.05) is 0 Å². The number of benzene rings is 1. The van der Waals surface area contributed by atoms with E-state index in [1.807, 2.05) is 12.1 Å². The van der Waals surface area contributed by atoms with Gasteiger partial charge in [0.25, 0.3) is 0 Å². The predicted octanol–water partition coefficient (Wildman–Crippen LogP) is 3.37. The van der Waals surface area contributed by atoms with Crippen LogP contribution in [0.25, 0.3) is 0 Å². The summed E-state index contributed by atoms with van der Waals surface area (Å²) >= 11 is 0.308. The molecule has 1 aromatic carbocycles. The third kappa shape index (κ3) is 2.79. The molecule has 0 saturated carbocycles. The molecule has 5 heteroatoms. The van der Waals surface area contributed by atoms with Crippen LogP contribution in [-0.4, -0.2) is 30.8 Å². The van der Waals surface area contributed by atoms with Crippen LogP contribution >= 0.6 is 0 Å². The van der Waals surface area contributed by atoms with Crippen LogP contribution < -0.4 is 10.1 Å². The summed E-state index contributed by atoms with van der Waals surface area (Å²) in [7, 11) is 0. The summed E-state index contributed by atoms with van der Waals surface area (Å²) < 4.78 is 6.01. The van der Waals surface area contributed by atoms with E-state index in [1.54, 1.807) is 6.07 Å². The van der Waals surface area contributed by atoms with E-state index in [0.29, 0.717) is 20.5 Å². The maximum absolute atomic E-state index is 9.07. The van der Waals surface area contributed by atoms with Crippen molar-refractivity contribution in [3.05, 3.63) is 23.8 Å². The number of nitrogens with one attached hydrogen (secondary N) is 1. The van der Waals surface area contributed by atoms with E-state index in [9.17, 15) is 0 Å². The topological polar surface area (TPSA) is 57.4 Å². The number of nitriles is 1. The van der Waals surface area contributed by atoms with Crippen LogP contribution in [0.4, 0.5) is 5.69 Å². The van der Waals surface area contributed by atoms with Gasteiger partial charge in [-0.15, -0.1) is 0 Å². The molecule has 1 aromatic rings. The second-order valence-electron chi connectivity index (χ2n) is 6.43. The van der Waals surface area contributed by atoms with Crippen LogP contribution in [-0.2, 0) is 0 Å². The Morgan fingerprint density at radius 1 is 1.45 bits per heavy atom. The summed E-state index contributed by atoms with van der Waals surface area (Å²) in [4.78, 5) is 4.88. The minimum absolute atomic E-state index is 0.0542. The van der Waals surface area contributed by atoms with Gasteiger partial charge in [0.05, 0.1) is 0 Å².